The molecule has 0 amide bonds. The highest BCUT2D eigenvalue weighted by atomic mass is 16.5. The molecule has 4 N–H and O–H groups in total. The lowest BCUT2D eigenvalue weighted by atomic mass is 10.1. The normalized spacial score (nSPS) is 10.4. The zero-order valence-electron chi connectivity index (χ0n) is 12.6. The molecule has 0 fully saturated rings. The van der Waals surface area contributed by atoms with Gasteiger partial charge in [0, 0.05) is 5.39 Å². The third-order valence-electron chi connectivity index (χ3n) is 3.64. The molecular weight excluding hydrogens is 316 g/mol. The van der Waals surface area contributed by atoms with Crippen LogP contribution in [-0.2, 0) is 0 Å². The minimum absolute atomic E-state index is 0. The number of rotatable bonds is 1. The Balaban J connectivity index is 0.00000104. The van der Waals surface area contributed by atoms with Gasteiger partial charge in [0.05, 0.1) is 17.9 Å². The Bertz CT molecular complexity index is 1150. The second-order valence-electron chi connectivity index (χ2n) is 4.89. The molecular formula is C17H14O7. The Morgan fingerprint density at radius 2 is 1.54 bits per heavy atom. The molecule has 24 heavy (non-hydrogen) atoms. The Kier molecular flexibility index (Phi) is 4.41. The molecule has 0 aliphatic heterocycles. The quantitative estimate of drug-likeness (QED) is 0.384. The first-order valence-electron chi connectivity index (χ1n) is 6.65. The number of hydrogen-bond donors (Lipinski definition) is 0. The molecule has 7 nitrogen and oxygen atoms in total. The van der Waals surface area contributed by atoms with Crippen LogP contribution < -0.4 is 15.8 Å². The highest BCUT2D eigenvalue weighted by molar-refractivity contribution is 6.03. The summed E-state index contributed by atoms with van der Waals surface area (Å²) in [5, 5.41) is 1.25. The van der Waals surface area contributed by atoms with Gasteiger partial charge in [-0.05, 0) is 24.3 Å². The standard InChI is InChI=1S/C17H10O5.2H2O/c1-20-9-6-7-13-12(8-9)14(18)16-15(21-13)10-4-2-3-5-11(10)17(19)22-16;;/h2-8H,1H3;2*1H2. The number of fused-ring (bicyclic) bond motifs is 4. The van der Waals surface area contributed by atoms with Crippen molar-refractivity contribution in [2.75, 3.05) is 7.11 Å². The third-order valence-corrected chi connectivity index (χ3v) is 3.64. The number of benzene rings is 2. The van der Waals surface area contributed by atoms with Gasteiger partial charge >= 0.3 is 5.63 Å². The molecule has 0 saturated carbocycles. The summed E-state index contributed by atoms with van der Waals surface area (Å²) in [6.45, 7) is 0. The van der Waals surface area contributed by atoms with Crippen molar-refractivity contribution >= 4 is 32.9 Å². The molecule has 7 heteroatoms. The van der Waals surface area contributed by atoms with Crippen LogP contribution in [0.3, 0.4) is 0 Å². The summed E-state index contributed by atoms with van der Waals surface area (Å²) in [6.07, 6.45) is 0. The zero-order chi connectivity index (χ0) is 15.3. The first-order valence-corrected chi connectivity index (χ1v) is 6.65. The van der Waals surface area contributed by atoms with Crippen LogP contribution in [-0.4, -0.2) is 18.1 Å². The minimum atomic E-state index is -0.558. The van der Waals surface area contributed by atoms with Crippen LogP contribution in [0.15, 0.2) is 60.9 Å². The van der Waals surface area contributed by atoms with Crippen molar-refractivity contribution in [3.05, 3.63) is 63.1 Å². The number of ether oxygens (including phenoxy) is 1. The van der Waals surface area contributed by atoms with Gasteiger partial charge in [-0.15, -0.1) is 0 Å². The second kappa shape index (κ2) is 6.15. The van der Waals surface area contributed by atoms with E-state index in [1.165, 1.54) is 7.11 Å². The van der Waals surface area contributed by atoms with E-state index in [-0.39, 0.29) is 22.1 Å². The Hall–Kier alpha value is -3.16. The van der Waals surface area contributed by atoms with Crippen LogP contribution in [0.2, 0.25) is 0 Å². The fraction of sp³-hybridized carbons (Fsp3) is 0.0588. The molecule has 2 aromatic carbocycles. The van der Waals surface area contributed by atoms with Crippen molar-refractivity contribution in [2.24, 2.45) is 0 Å². The summed E-state index contributed by atoms with van der Waals surface area (Å²) < 4.78 is 16.1. The predicted molar refractivity (Wildman–Crippen MR) is 89.8 cm³/mol. The van der Waals surface area contributed by atoms with Crippen LogP contribution in [0.4, 0.5) is 0 Å². The van der Waals surface area contributed by atoms with E-state index in [9.17, 15) is 9.59 Å². The summed E-state index contributed by atoms with van der Waals surface area (Å²) in [5.41, 5.74) is -0.338. The summed E-state index contributed by atoms with van der Waals surface area (Å²) >= 11 is 0. The van der Waals surface area contributed by atoms with E-state index in [0.717, 1.165) is 0 Å². The van der Waals surface area contributed by atoms with E-state index in [2.05, 4.69) is 0 Å². The van der Waals surface area contributed by atoms with Crippen LogP contribution in [0.1, 0.15) is 0 Å². The molecule has 0 saturated heterocycles. The predicted octanol–water partition coefficient (Wildman–Crippen LogP) is 1.41. The van der Waals surface area contributed by atoms with E-state index < -0.39 is 11.1 Å². The van der Waals surface area contributed by atoms with Gasteiger partial charge in [0.1, 0.15) is 11.3 Å². The van der Waals surface area contributed by atoms with E-state index in [0.29, 0.717) is 27.5 Å². The maximum Gasteiger partial charge on any atom is 0.344 e. The minimum Gasteiger partial charge on any atom is -0.497 e. The molecule has 124 valence electrons. The second-order valence-corrected chi connectivity index (χ2v) is 4.89. The fourth-order valence-corrected chi connectivity index (χ4v) is 2.56. The topological polar surface area (TPSA) is 133 Å². The van der Waals surface area contributed by atoms with Crippen molar-refractivity contribution in [3.63, 3.8) is 0 Å². The first-order chi connectivity index (χ1) is 10.7. The maximum absolute atomic E-state index is 12.6. The zero-order valence-corrected chi connectivity index (χ0v) is 12.6. The highest BCUT2D eigenvalue weighted by Gasteiger charge is 2.15. The van der Waals surface area contributed by atoms with Crippen LogP contribution in [0, 0.1) is 0 Å². The average molecular weight is 330 g/mol. The van der Waals surface area contributed by atoms with E-state index in [4.69, 9.17) is 13.6 Å². The Labute approximate surface area is 134 Å². The van der Waals surface area contributed by atoms with Crippen molar-refractivity contribution in [1.82, 2.24) is 0 Å². The van der Waals surface area contributed by atoms with Crippen LogP contribution in [0.5, 0.6) is 5.75 Å². The molecule has 4 aromatic rings. The van der Waals surface area contributed by atoms with Gasteiger partial charge in [-0.1, -0.05) is 18.2 Å². The van der Waals surface area contributed by atoms with Gasteiger partial charge < -0.3 is 24.5 Å². The summed E-state index contributed by atoms with van der Waals surface area (Å²) in [5.74, 6) is 0.530. The van der Waals surface area contributed by atoms with Crippen LogP contribution >= 0.6 is 0 Å². The molecule has 0 radical (unpaired) electrons. The van der Waals surface area contributed by atoms with Gasteiger partial charge in [-0.25, -0.2) is 4.79 Å². The van der Waals surface area contributed by atoms with Gasteiger partial charge in [0.2, 0.25) is 11.0 Å². The van der Waals surface area contributed by atoms with E-state index >= 15 is 0 Å². The van der Waals surface area contributed by atoms with Crippen LogP contribution in [0.25, 0.3) is 32.9 Å². The molecule has 0 aliphatic carbocycles. The molecule has 2 aromatic heterocycles. The first kappa shape index (κ1) is 17.2. The lowest BCUT2D eigenvalue weighted by Gasteiger charge is -2.05. The smallest absolute Gasteiger partial charge is 0.344 e. The molecule has 0 spiro atoms. The maximum atomic E-state index is 12.6. The molecule has 0 bridgehead atoms. The molecule has 2 heterocycles. The van der Waals surface area contributed by atoms with E-state index in [1.54, 1.807) is 42.5 Å². The van der Waals surface area contributed by atoms with Crippen molar-refractivity contribution in [3.8, 4) is 5.75 Å². The summed E-state index contributed by atoms with van der Waals surface area (Å²) in [6, 6.07) is 11.8. The lowest BCUT2D eigenvalue weighted by Crippen LogP contribution is -2.08. The number of hydrogen-bond acceptors (Lipinski definition) is 5. The van der Waals surface area contributed by atoms with Crippen molar-refractivity contribution in [2.45, 2.75) is 0 Å². The molecule has 0 unspecified atom stereocenters. The summed E-state index contributed by atoms with van der Waals surface area (Å²) in [4.78, 5) is 24.6. The van der Waals surface area contributed by atoms with Gasteiger partial charge in [-0.3, -0.25) is 4.79 Å². The van der Waals surface area contributed by atoms with Crippen molar-refractivity contribution in [1.29, 1.82) is 0 Å². The molecule has 4 rings (SSSR count). The molecule has 0 aliphatic rings. The average Bonchev–Trinajstić information content (AvgIpc) is 2.56. The highest BCUT2D eigenvalue weighted by Crippen LogP contribution is 2.26. The van der Waals surface area contributed by atoms with Crippen molar-refractivity contribution < 1.29 is 24.5 Å². The number of methoxy groups -OCH3 is 1. The summed E-state index contributed by atoms with van der Waals surface area (Å²) in [7, 11) is 1.51. The SMILES string of the molecule is COc1ccc2oc3c(oc(=O)c4ccccc43)c(=O)c2c1.O.O. The van der Waals surface area contributed by atoms with Gasteiger partial charge in [0.15, 0.2) is 5.58 Å². The van der Waals surface area contributed by atoms with Gasteiger partial charge in [-0.2, -0.15) is 0 Å². The fourth-order valence-electron chi connectivity index (χ4n) is 2.56. The Morgan fingerprint density at radius 3 is 2.25 bits per heavy atom. The Morgan fingerprint density at radius 1 is 0.833 bits per heavy atom. The van der Waals surface area contributed by atoms with Gasteiger partial charge in [0.25, 0.3) is 0 Å². The molecule has 0 atom stereocenters. The monoisotopic (exact) mass is 330 g/mol. The lowest BCUT2D eigenvalue weighted by molar-refractivity contribution is 0.415. The third kappa shape index (κ3) is 2.32. The van der Waals surface area contributed by atoms with E-state index in [1.807, 2.05) is 0 Å². The largest absolute Gasteiger partial charge is 0.497 e.